The average Bonchev–Trinajstić information content (AvgIpc) is 1.64. The normalized spacial score (nSPS) is 11.6. The number of aromatic nitrogens is 4. The second-order valence-corrected chi connectivity index (χ2v) is 36.2. The van der Waals surface area contributed by atoms with E-state index in [1.54, 1.807) is 116 Å². The molecule has 34 heteroatoms. The lowest BCUT2D eigenvalue weighted by atomic mass is 9.80. The molecule has 1 saturated heterocycles. The molecule has 5 heterocycles. The molecule has 1 fully saturated rings. The van der Waals surface area contributed by atoms with Gasteiger partial charge in [-0.15, -0.1) is 10.1 Å². The Labute approximate surface area is 647 Å². The fourth-order valence-corrected chi connectivity index (χ4v) is 8.94. The number of nitrogen functional groups attached to an aromatic ring is 4. The molecule has 0 saturated carbocycles. The molecule has 10 rings (SSSR count). The molecular weight excluding hydrogens is 1790 g/mol. The van der Waals surface area contributed by atoms with Crippen LogP contribution >= 0.6 is 99.6 Å². The van der Waals surface area contributed by atoms with E-state index in [0.717, 1.165) is 37.9 Å². The number of carbonyl (C=O) groups excluding carboxylic acids is 4. The summed E-state index contributed by atoms with van der Waals surface area (Å²) in [5, 5.41) is 46.1. The first-order valence-corrected chi connectivity index (χ1v) is 34.4. The molecule has 540 valence electrons. The predicted octanol–water partition coefficient (Wildman–Crippen LogP) is 15.8. The number of anilines is 4. The Morgan fingerprint density at radius 3 is 1.18 bits per heavy atom. The number of rotatable bonds is 11. The number of nitrogens with zero attached hydrogens (tertiary/aromatic N) is 8. The Morgan fingerprint density at radius 2 is 0.814 bits per heavy atom. The van der Waals surface area contributed by atoms with E-state index in [0.29, 0.717) is 37.5 Å². The van der Waals surface area contributed by atoms with Crippen LogP contribution in [0.25, 0.3) is 33.4 Å². The van der Waals surface area contributed by atoms with E-state index in [1.807, 2.05) is 88.4 Å². The van der Waals surface area contributed by atoms with Crippen LogP contribution < -0.4 is 28.4 Å². The molecule has 0 bridgehead atoms. The number of alkyl halides is 3. The van der Waals surface area contributed by atoms with E-state index < -0.39 is 31.8 Å². The van der Waals surface area contributed by atoms with Crippen molar-refractivity contribution in [2.24, 2.45) is 0 Å². The summed E-state index contributed by atoms with van der Waals surface area (Å²) < 4.78 is 17.7. The number of nitro benzene ring substituents is 3. The van der Waals surface area contributed by atoms with E-state index in [9.17, 15) is 49.5 Å². The summed E-state index contributed by atoms with van der Waals surface area (Å²) in [6.07, 6.45) is 13.6. The van der Waals surface area contributed by atoms with E-state index in [2.05, 4.69) is 131 Å². The Kier molecular flexibility index (Phi) is 38.7. The maximum Gasteiger partial charge on any atom is 0.494 e. The minimum absolute atomic E-state index is 0. The van der Waals surface area contributed by atoms with Crippen LogP contribution in [-0.4, -0.2) is 86.3 Å². The molecule has 0 radical (unpaired) electrons. The highest BCUT2D eigenvalue weighted by atomic mass is 127. The highest BCUT2D eigenvalue weighted by Gasteiger charge is 2.51. The van der Waals surface area contributed by atoms with Gasteiger partial charge in [0.05, 0.1) is 42.9 Å². The molecular formula is C68H74BBr2I3N12O16. The number of nitrogens with two attached hydrogens (primary N) is 4. The molecule has 9 N–H and O–H groups in total. The van der Waals surface area contributed by atoms with Crippen LogP contribution in [0.1, 0.15) is 74.9 Å². The number of carbonyl (C=O) groups is 4. The Morgan fingerprint density at radius 1 is 0.500 bits per heavy atom. The second-order valence-electron chi connectivity index (χ2n) is 21.8. The van der Waals surface area contributed by atoms with Crippen LogP contribution in [0.5, 0.6) is 0 Å². The van der Waals surface area contributed by atoms with Gasteiger partial charge >= 0.3 is 19.1 Å². The number of esters is 2. The molecule has 1 aliphatic heterocycles. The Hall–Kier alpha value is -9.09. The number of nitro groups is 3. The van der Waals surface area contributed by atoms with Gasteiger partial charge in [-0.2, -0.15) is 0 Å². The minimum Gasteiger partial charge on any atom is -0.399 e. The van der Waals surface area contributed by atoms with Gasteiger partial charge in [0.2, 0.25) is 0 Å². The van der Waals surface area contributed by atoms with Gasteiger partial charge in [-0.1, -0.05) is 138 Å². The van der Waals surface area contributed by atoms with Crippen LogP contribution in [0.15, 0.2) is 204 Å². The average molecular weight is 1870 g/mol. The van der Waals surface area contributed by atoms with Crippen LogP contribution in [0.4, 0.5) is 39.8 Å². The molecule has 1 aliphatic rings. The first kappa shape index (κ1) is 89.0. The second kappa shape index (κ2) is 44.3. The van der Waals surface area contributed by atoms with Crippen LogP contribution in [0.3, 0.4) is 0 Å². The smallest absolute Gasteiger partial charge is 0.399 e. The van der Waals surface area contributed by atoms with Gasteiger partial charge in [0.25, 0.3) is 22.1 Å². The zero-order valence-corrected chi connectivity index (χ0v) is 66.0. The van der Waals surface area contributed by atoms with Crippen molar-refractivity contribution < 1.29 is 59.7 Å². The van der Waals surface area contributed by atoms with Crippen LogP contribution in [0.2, 0.25) is 0 Å². The molecule has 0 amide bonds. The molecule has 9 aromatic rings. The van der Waals surface area contributed by atoms with E-state index in [1.165, 1.54) is 45.9 Å². The lowest BCUT2D eigenvalue weighted by Gasteiger charge is -2.32. The van der Waals surface area contributed by atoms with Crippen LogP contribution in [-0.2, 0) is 46.1 Å². The summed E-state index contributed by atoms with van der Waals surface area (Å²) in [6.45, 7) is 15.5. The summed E-state index contributed by atoms with van der Waals surface area (Å²) in [4.78, 5) is 96.9. The van der Waals surface area contributed by atoms with Gasteiger partial charge in [0, 0.05) is 127 Å². The molecule has 0 unspecified atom stereocenters. The molecule has 0 atom stereocenters. The zero-order chi connectivity index (χ0) is 77.1. The lowest BCUT2D eigenvalue weighted by Crippen LogP contribution is -2.41. The molecule has 102 heavy (non-hydrogen) atoms. The largest absolute Gasteiger partial charge is 0.494 e. The molecule has 0 aliphatic carbocycles. The van der Waals surface area contributed by atoms with Gasteiger partial charge in [-0.3, -0.25) is 69.5 Å². The van der Waals surface area contributed by atoms with Gasteiger partial charge in [-0.25, -0.2) is 0 Å². The quantitative estimate of drug-likeness (QED) is 0.0117. The van der Waals surface area contributed by atoms with Crippen molar-refractivity contribution in [1.82, 2.24) is 19.9 Å². The van der Waals surface area contributed by atoms with E-state index >= 15 is 0 Å². The fourth-order valence-electron chi connectivity index (χ4n) is 8.16. The Bertz CT molecular complexity index is 4210. The van der Waals surface area contributed by atoms with Crippen molar-refractivity contribution in [2.45, 2.75) is 85.8 Å². The first-order chi connectivity index (χ1) is 47.7. The minimum atomic E-state index is -1.50. The van der Waals surface area contributed by atoms with Crippen molar-refractivity contribution in [1.29, 1.82) is 0 Å². The standard InChI is InChI=1S/C14H12N2O3.C11H16BNO2.C11H9N3O2.C11H11N3.C9H8BrNO3.C6H6BrN.C4H6O3.C2H3I3.HNO3.H2/c1-10(17)9-13-12(11-5-7-15-8-6-11)3-2-4-14(13)16(18)19;1-10(2)11(3,4)15-12(14-10)9-5-7-13-8-6-9;12-11-9(8-4-6-13-7-5-8)2-1-3-10(11)14(15)16;12-10-3-1-2-9(11(10)13)8-4-6-14-7-5-8;1-6(12)5-7-8(10)3-2-4-9(7)11(13)14;7-5-3-1-2-4-6(5)8;1-3(5)7-4(2)6;1-2(3,4)5;2-1(3)4;/h2-8H,9H2,1H3;5-8H,1-4H3;1-7H,12H2;1-7H,12-13H2;2-4H,5H2,1H3;1-4H,8H2;1-2H3;1H3;(H,2,3,4);1H. The summed E-state index contributed by atoms with van der Waals surface area (Å²) in [5.74, 6) is -1.33. The lowest BCUT2D eigenvalue weighted by molar-refractivity contribution is -0.742. The predicted molar refractivity (Wildman–Crippen MR) is 427 cm³/mol. The maximum absolute atomic E-state index is 11.3. The number of hydrogen-bond donors (Lipinski definition) is 5. The van der Waals surface area contributed by atoms with E-state index in [-0.39, 0.29) is 66.9 Å². The SMILES string of the molecule is CC(=O)Cc1c(-c2ccncc2)cccc1[N+](=O)[O-].CC(=O)Cc1c(Br)cccc1[N+](=O)[O-].CC(=O)OC(C)=O.CC(I)(I)I.CC1(C)OB(c2ccncc2)OC1(C)C.Nc1c(-c2ccncc2)cccc1[N+](=O)[O-].Nc1cccc(-c2ccncc2)c1N.Nc1ccccc1Br.O=[N+]([O-])O.[HH]. The van der Waals surface area contributed by atoms with Gasteiger partial charge in [-0.05, 0) is 165 Å². The molecule has 4 aromatic heterocycles. The fraction of sp³-hybridized carbons (Fsp3) is 0.206. The highest BCUT2D eigenvalue weighted by Crippen LogP contribution is 2.38. The number of ketones is 2. The monoisotopic (exact) mass is 1860 g/mol. The van der Waals surface area contributed by atoms with Crippen molar-refractivity contribution in [2.75, 3.05) is 22.9 Å². The van der Waals surface area contributed by atoms with Crippen molar-refractivity contribution in [3.05, 3.63) is 256 Å². The van der Waals surface area contributed by atoms with Crippen molar-refractivity contribution in [3.8, 4) is 33.4 Å². The molecule has 28 nitrogen and oxygen atoms in total. The van der Waals surface area contributed by atoms with Gasteiger partial charge in [0.15, 0.2) is 0 Å². The number of Topliss-reactive ketones (excluding diaryl/α,β-unsaturated/α-hetero) is 2. The number of ether oxygens (including phenoxy) is 1. The van der Waals surface area contributed by atoms with Crippen molar-refractivity contribution >= 4 is 176 Å². The summed E-state index contributed by atoms with van der Waals surface area (Å²) in [5.41, 5.74) is 31.2. The zero-order valence-electron chi connectivity index (χ0n) is 56.3. The highest BCUT2D eigenvalue weighted by molar-refractivity contribution is 14.3. The number of hydrogen-bond acceptors (Lipinski definition) is 23. The summed E-state index contributed by atoms with van der Waals surface area (Å²) in [6, 6.07) is 42.2. The number of para-hydroxylation sites is 3. The third-order valence-electron chi connectivity index (χ3n) is 13.3. The molecule has 0 spiro atoms. The third kappa shape index (κ3) is 33.1. The third-order valence-corrected chi connectivity index (χ3v) is 14.8. The summed E-state index contributed by atoms with van der Waals surface area (Å²) in [7, 11) is -0.280. The van der Waals surface area contributed by atoms with Gasteiger partial charge < -0.3 is 42.2 Å². The number of pyridine rings is 4. The number of benzene rings is 5. The van der Waals surface area contributed by atoms with E-state index in [4.69, 9.17) is 47.6 Å². The first-order valence-electron chi connectivity index (χ1n) is 29.6. The Balaban J connectivity index is 0.000000597. The van der Waals surface area contributed by atoms with Crippen LogP contribution in [0, 0.1) is 40.5 Å². The number of halogens is 5. The van der Waals surface area contributed by atoms with Gasteiger partial charge in [0.1, 0.15) is 16.7 Å². The topological polar surface area (TPSA) is 444 Å². The summed E-state index contributed by atoms with van der Waals surface area (Å²) >= 11 is 13.5. The molecule has 5 aromatic carbocycles. The maximum atomic E-state index is 11.3. The van der Waals surface area contributed by atoms with Crippen molar-refractivity contribution in [3.63, 3.8) is 0 Å².